The number of fused-ring (bicyclic) bond motifs is 2. The first kappa shape index (κ1) is 14.5. The summed E-state index contributed by atoms with van der Waals surface area (Å²) >= 11 is 1.59. The molecule has 0 spiro atoms. The minimum atomic E-state index is -0.220. The van der Waals surface area contributed by atoms with Gasteiger partial charge in [-0.15, -0.1) is 11.3 Å². The Hall–Kier alpha value is -2.14. The number of aromatic nitrogens is 1. The number of benzene rings is 1. The van der Waals surface area contributed by atoms with Crippen LogP contribution < -0.4 is 5.32 Å². The van der Waals surface area contributed by atoms with Gasteiger partial charge in [-0.1, -0.05) is 12.1 Å². The number of carbonyl (C=O) groups excluding carboxylic acids is 1. The van der Waals surface area contributed by atoms with Crippen LogP contribution in [-0.2, 0) is 12.8 Å². The lowest BCUT2D eigenvalue weighted by Gasteiger charge is -2.06. The number of aryl methyl sites for hydroxylation is 4. The number of hydrogen-bond donors (Lipinski definition) is 1. The smallest absolute Gasteiger partial charge is 0.293 e. The van der Waals surface area contributed by atoms with Crippen molar-refractivity contribution < 1.29 is 9.21 Å². The van der Waals surface area contributed by atoms with Crippen molar-refractivity contribution in [2.75, 3.05) is 5.32 Å². The molecule has 0 saturated heterocycles. The molecule has 2 heterocycles. The van der Waals surface area contributed by atoms with Crippen molar-refractivity contribution in [3.05, 3.63) is 45.7 Å². The molecule has 0 bridgehead atoms. The Morgan fingerprint density at radius 3 is 2.91 bits per heavy atom. The number of thiazole rings is 1. The third-order valence-electron chi connectivity index (χ3n) is 4.37. The van der Waals surface area contributed by atoms with Crippen LogP contribution in [0.2, 0.25) is 0 Å². The van der Waals surface area contributed by atoms with E-state index in [1.54, 1.807) is 11.3 Å². The lowest BCUT2D eigenvalue weighted by molar-refractivity contribution is 0.0998. The van der Waals surface area contributed by atoms with Gasteiger partial charge in [0.2, 0.25) is 0 Å². The minimum Gasteiger partial charge on any atom is -0.451 e. The summed E-state index contributed by atoms with van der Waals surface area (Å²) in [4.78, 5) is 18.4. The average Bonchev–Trinajstić information content (AvgIpc) is 3.07. The van der Waals surface area contributed by atoms with Crippen LogP contribution in [0.3, 0.4) is 0 Å². The van der Waals surface area contributed by atoms with Gasteiger partial charge in [-0.05, 0) is 51.2 Å². The highest BCUT2D eigenvalue weighted by Crippen LogP contribution is 2.31. The van der Waals surface area contributed by atoms with E-state index in [4.69, 9.17) is 4.42 Å². The predicted molar refractivity (Wildman–Crippen MR) is 92.4 cm³/mol. The number of nitrogens with zero attached hydrogens (tertiary/aromatic N) is 1. The number of anilines is 1. The molecular formula is C18H18N2O2S. The number of amides is 1. The number of nitrogens with one attached hydrogen (secondary N) is 1. The highest BCUT2D eigenvalue weighted by molar-refractivity contribution is 7.15. The number of carbonyl (C=O) groups is 1. The third kappa shape index (κ3) is 2.55. The Bertz CT molecular complexity index is 884. The average molecular weight is 326 g/mol. The molecule has 118 valence electrons. The van der Waals surface area contributed by atoms with E-state index in [9.17, 15) is 4.79 Å². The van der Waals surface area contributed by atoms with Crippen molar-refractivity contribution in [1.29, 1.82) is 0 Å². The molecule has 0 saturated carbocycles. The second-order valence-corrected chi connectivity index (χ2v) is 7.19. The van der Waals surface area contributed by atoms with Gasteiger partial charge in [0.05, 0.1) is 5.69 Å². The standard InChI is InChI=1S/C18H18N2O2S/c1-10-7-8-12-11(2)16(22-14(12)9-10)17(21)20-18-19-13-5-3-4-6-15(13)23-18/h7-9H,3-6H2,1-2H3,(H,19,20,21). The van der Waals surface area contributed by atoms with Gasteiger partial charge in [0.25, 0.3) is 5.91 Å². The van der Waals surface area contributed by atoms with Crippen LogP contribution >= 0.6 is 11.3 Å². The van der Waals surface area contributed by atoms with Crippen molar-refractivity contribution in [3.63, 3.8) is 0 Å². The second kappa shape index (κ2) is 5.49. The van der Waals surface area contributed by atoms with E-state index in [0.717, 1.165) is 40.6 Å². The van der Waals surface area contributed by atoms with Crippen molar-refractivity contribution >= 4 is 33.3 Å². The van der Waals surface area contributed by atoms with Gasteiger partial charge in [0, 0.05) is 15.8 Å². The molecule has 1 amide bonds. The topological polar surface area (TPSA) is 55.1 Å². The SMILES string of the molecule is Cc1ccc2c(C)c(C(=O)Nc3nc4c(s3)CCCC4)oc2c1. The van der Waals surface area contributed by atoms with Gasteiger partial charge in [-0.2, -0.15) is 0 Å². The molecule has 0 aliphatic heterocycles. The number of rotatable bonds is 2. The second-order valence-electron chi connectivity index (χ2n) is 6.11. The van der Waals surface area contributed by atoms with Gasteiger partial charge in [-0.3, -0.25) is 10.1 Å². The van der Waals surface area contributed by atoms with Crippen LogP contribution in [0.25, 0.3) is 11.0 Å². The Labute approximate surface area is 138 Å². The molecule has 0 unspecified atom stereocenters. The summed E-state index contributed by atoms with van der Waals surface area (Å²) in [6, 6.07) is 5.99. The predicted octanol–water partition coefficient (Wildman–Crippen LogP) is 4.64. The van der Waals surface area contributed by atoms with Crippen LogP contribution in [0, 0.1) is 13.8 Å². The number of hydrogen-bond acceptors (Lipinski definition) is 4. The van der Waals surface area contributed by atoms with Gasteiger partial charge in [0.1, 0.15) is 5.58 Å². The molecule has 1 N–H and O–H groups in total. The molecule has 5 heteroatoms. The van der Waals surface area contributed by atoms with Crippen molar-refractivity contribution in [2.24, 2.45) is 0 Å². The zero-order valence-electron chi connectivity index (χ0n) is 13.2. The normalized spacial score (nSPS) is 14.0. The van der Waals surface area contributed by atoms with Crippen LogP contribution in [-0.4, -0.2) is 10.9 Å². The Balaban J connectivity index is 1.64. The van der Waals surface area contributed by atoms with E-state index in [0.29, 0.717) is 10.9 Å². The maximum Gasteiger partial charge on any atom is 0.293 e. The largest absolute Gasteiger partial charge is 0.451 e. The lowest BCUT2D eigenvalue weighted by Crippen LogP contribution is -2.12. The Morgan fingerprint density at radius 2 is 2.09 bits per heavy atom. The van der Waals surface area contributed by atoms with Crippen molar-refractivity contribution in [1.82, 2.24) is 4.98 Å². The molecule has 1 aliphatic rings. The van der Waals surface area contributed by atoms with Crippen molar-refractivity contribution in [3.8, 4) is 0 Å². The molecule has 0 atom stereocenters. The van der Waals surface area contributed by atoms with Crippen LogP contribution in [0.1, 0.15) is 45.1 Å². The summed E-state index contributed by atoms with van der Waals surface area (Å²) < 4.78 is 5.78. The van der Waals surface area contributed by atoms with E-state index < -0.39 is 0 Å². The first-order chi connectivity index (χ1) is 11.1. The van der Waals surface area contributed by atoms with Gasteiger partial charge in [0.15, 0.2) is 10.9 Å². The van der Waals surface area contributed by atoms with E-state index in [1.807, 2.05) is 32.0 Å². The van der Waals surface area contributed by atoms with Gasteiger partial charge < -0.3 is 4.42 Å². The molecule has 0 fully saturated rings. The highest BCUT2D eigenvalue weighted by Gasteiger charge is 2.21. The summed E-state index contributed by atoms with van der Waals surface area (Å²) in [7, 11) is 0. The minimum absolute atomic E-state index is 0.220. The zero-order valence-corrected chi connectivity index (χ0v) is 14.0. The summed E-state index contributed by atoms with van der Waals surface area (Å²) in [6.07, 6.45) is 4.49. The maximum absolute atomic E-state index is 12.6. The maximum atomic E-state index is 12.6. The van der Waals surface area contributed by atoms with Crippen LogP contribution in [0.4, 0.5) is 5.13 Å². The fraction of sp³-hybridized carbons (Fsp3) is 0.333. The summed E-state index contributed by atoms with van der Waals surface area (Å²) in [5.74, 6) is 0.154. The first-order valence-corrected chi connectivity index (χ1v) is 8.73. The number of furan rings is 1. The summed E-state index contributed by atoms with van der Waals surface area (Å²) in [5.41, 5.74) is 3.89. The quantitative estimate of drug-likeness (QED) is 0.746. The summed E-state index contributed by atoms with van der Waals surface area (Å²) in [5, 5.41) is 4.57. The lowest BCUT2D eigenvalue weighted by atomic mass is 10.0. The zero-order chi connectivity index (χ0) is 16.0. The van der Waals surface area contributed by atoms with Gasteiger partial charge >= 0.3 is 0 Å². The fourth-order valence-electron chi connectivity index (χ4n) is 3.11. The van der Waals surface area contributed by atoms with Crippen LogP contribution in [0.15, 0.2) is 22.6 Å². The molecule has 4 nitrogen and oxygen atoms in total. The molecule has 1 aliphatic carbocycles. The molecular weight excluding hydrogens is 308 g/mol. The Morgan fingerprint density at radius 1 is 1.26 bits per heavy atom. The van der Waals surface area contributed by atoms with E-state index in [2.05, 4.69) is 10.3 Å². The fourth-order valence-corrected chi connectivity index (χ4v) is 4.15. The van der Waals surface area contributed by atoms with Crippen molar-refractivity contribution in [2.45, 2.75) is 39.5 Å². The Kier molecular flexibility index (Phi) is 3.45. The molecule has 2 aromatic heterocycles. The summed E-state index contributed by atoms with van der Waals surface area (Å²) in [6.45, 7) is 3.93. The first-order valence-electron chi connectivity index (χ1n) is 7.91. The molecule has 1 aromatic carbocycles. The van der Waals surface area contributed by atoms with E-state index in [1.165, 1.54) is 17.7 Å². The molecule has 4 rings (SSSR count). The van der Waals surface area contributed by atoms with Crippen LogP contribution in [0.5, 0.6) is 0 Å². The van der Waals surface area contributed by atoms with E-state index in [-0.39, 0.29) is 5.91 Å². The molecule has 3 aromatic rings. The third-order valence-corrected chi connectivity index (χ3v) is 5.44. The monoisotopic (exact) mass is 326 g/mol. The molecule has 0 radical (unpaired) electrons. The van der Waals surface area contributed by atoms with Gasteiger partial charge in [-0.25, -0.2) is 4.98 Å². The molecule has 23 heavy (non-hydrogen) atoms. The van der Waals surface area contributed by atoms with E-state index >= 15 is 0 Å². The highest BCUT2D eigenvalue weighted by atomic mass is 32.1.